The smallest absolute Gasteiger partial charge is 0.274 e. The first-order chi connectivity index (χ1) is 17.5. The summed E-state index contributed by atoms with van der Waals surface area (Å²) < 4.78 is 2.01. The number of nitrogens with zero attached hydrogens (tertiary/aromatic N) is 4. The van der Waals surface area contributed by atoms with Crippen molar-refractivity contribution in [3.05, 3.63) is 70.8 Å². The van der Waals surface area contributed by atoms with Crippen molar-refractivity contribution in [3.8, 4) is 0 Å². The lowest BCUT2D eigenvalue weighted by molar-refractivity contribution is 0.102. The molecule has 2 aliphatic carbocycles. The maximum absolute atomic E-state index is 13.3. The predicted octanol–water partition coefficient (Wildman–Crippen LogP) is 5.28. The quantitative estimate of drug-likeness (QED) is 0.344. The number of carbonyl (C=O) groups excluding carboxylic acids is 1. The van der Waals surface area contributed by atoms with Gasteiger partial charge in [0.05, 0.1) is 5.41 Å². The van der Waals surface area contributed by atoms with Gasteiger partial charge >= 0.3 is 0 Å². The Kier molecular flexibility index (Phi) is 6.09. The summed E-state index contributed by atoms with van der Waals surface area (Å²) in [5, 5.41) is 18.4. The fraction of sp³-hybridized carbons (Fsp3) is 0.429. The van der Waals surface area contributed by atoms with Gasteiger partial charge in [0.2, 0.25) is 0 Å². The van der Waals surface area contributed by atoms with Crippen molar-refractivity contribution >= 4 is 33.1 Å². The number of benzene rings is 1. The maximum Gasteiger partial charge on any atom is 0.274 e. The maximum atomic E-state index is 13.3. The van der Waals surface area contributed by atoms with E-state index in [0.717, 1.165) is 64.7 Å². The van der Waals surface area contributed by atoms with Gasteiger partial charge in [0.15, 0.2) is 0 Å². The summed E-state index contributed by atoms with van der Waals surface area (Å²) in [5.41, 5.74) is 3.35. The van der Waals surface area contributed by atoms with E-state index in [0.29, 0.717) is 11.6 Å². The molecule has 0 spiro atoms. The van der Waals surface area contributed by atoms with E-state index in [4.69, 9.17) is 0 Å². The van der Waals surface area contributed by atoms with Gasteiger partial charge in [0.25, 0.3) is 5.91 Å². The summed E-state index contributed by atoms with van der Waals surface area (Å²) in [6, 6.07) is 12.2. The fourth-order valence-corrected chi connectivity index (χ4v) is 6.68. The summed E-state index contributed by atoms with van der Waals surface area (Å²) >= 11 is 1.58. The molecule has 0 saturated heterocycles. The molecular formula is C28H32N6OS. The number of thiophene rings is 1. The predicted molar refractivity (Wildman–Crippen MR) is 143 cm³/mol. The van der Waals surface area contributed by atoms with Crippen molar-refractivity contribution in [2.45, 2.75) is 51.0 Å². The zero-order valence-electron chi connectivity index (χ0n) is 20.8. The minimum atomic E-state index is -0.183. The van der Waals surface area contributed by atoms with Crippen molar-refractivity contribution in [1.29, 1.82) is 0 Å². The van der Waals surface area contributed by atoms with E-state index in [1.165, 1.54) is 19.3 Å². The highest BCUT2D eigenvalue weighted by Gasteiger charge is 2.48. The molecule has 0 atom stereocenters. The molecule has 4 aromatic rings. The van der Waals surface area contributed by atoms with Gasteiger partial charge in [0, 0.05) is 24.7 Å². The topological polar surface area (TPSA) is 84.7 Å². The molecule has 2 saturated carbocycles. The van der Waals surface area contributed by atoms with Crippen molar-refractivity contribution < 1.29 is 4.79 Å². The Morgan fingerprint density at radius 1 is 1.22 bits per heavy atom. The molecule has 36 heavy (non-hydrogen) atoms. The van der Waals surface area contributed by atoms with Crippen LogP contribution in [0.25, 0.3) is 10.2 Å². The van der Waals surface area contributed by atoms with Gasteiger partial charge in [0.1, 0.15) is 22.7 Å². The van der Waals surface area contributed by atoms with E-state index in [1.54, 1.807) is 17.7 Å². The van der Waals surface area contributed by atoms with Gasteiger partial charge < -0.3 is 15.2 Å². The summed E-state index contributed by atoms with van der Waals surface area (Å²) in [6.07, 6.45) is 7.79. The first-order valence-electron chi connectivity index (χ1n) is 12.9. The number of nitrogens with one attached hydrogen (secondary N) is 2. The summed E-state index contributed by atoms with van der Waals surface area (Å²) in [5.74, 6) is 2.21. The number of aromatic nitrogens is 4. The lowest BCUT2D eigenvalue weighted by atomic mass is 9.58. The molecule has 6 rings (SSSR count). The van der Waals surface area contributed by atoms with Crippen molar-refractivity contribution in [1.82, 2.24) is 25.1 Å². The van der Waals surface area contributed by atoms with Gasteiger partial charge in [-0.25, -0.2) is 4.98 Å². The van der Waals surface area contributed by atoms with Crippen LogP contribution >= 0.6 is 11.3 Å². The van der Waals surface area contributed by atoms with Gasteiger partial charge in [-0.2, -0.15) is 0 Å². The Bertz CT molecular complexity index is 1400. The van der Waals surface area contributed by atoms with Crippen molar-refractivity contribution in [2.24, 2.45) is 18.9 Å². The first-order valence-corrected chi connectivity index (χ1v) is 13.7. The summed E-state index contributed by atoms with van der Waals surface area (Å²) in [4.78, 5) is 18.9. The van der Waals surface area contributed by atoms with E-state index in [2.05, 4.69) is 50.9 Å². The first kappa shape index (κ1) is 23.3. The van der Waals surface area contributed by atoms with Crippen LogP contribution in [0.5, 0.6) is 0 Å². The van der Waals surface area contributed by atoms with Gasteiger partial charge in [-0.15, -0.1) is 21.5 Å². The van der Waals surface area contributed by atoms with E-state index in [1.807, 2.05) is 35.2 Å². The van der Waals surface area contributed by atoms with E-state index >= 15 is 0 Å². The van der Waals surface area contributed by atoms with E-state index in [9.17, 15) is 4.79 Å². The highest BCUT2D eigenvalue weighted by atomic mass is 32.1. The molecule has 1 amide bonds. The van der Waals surface area contributed by atoms with Crippen LogP contribution in [0, 0.1) is 11.8 Å². The third-order valence-electron chi connectivity index (χ3n) is 7.94. The van der Waals surface area contributed by atoms with Crippen LogP contribution < -0.4 is 10.6 Å². The summed E-state index contributed by atoms with van der Waals surface area (Å²) in [6.45, 7) is 4.06. The van der Waals surface area contributed by atoms with Crippen LogP contribution in [0.1, 0.15) is 66.5 Å². The van der Waals surface area contributed by atoms with Gasteiger partial charge in [-0.05, 0) is 84.8 Å². The number of fused-ring (bicyclic) bond motifs is 1. The molecule has 2 fully saturated rings. The monoisotopic (exact) mass is 500 g/mol. The molecule has 8 heteroatoms. The molecule has 3 heterocycles. The molecule has 0 radical (unpaired) electrons. The molecule has 3 aromatic heterocycles. The third-order valence-corrected chi connectivity index (χ3v) is 8.74. The molecule has 186 valence electrons. The standard InChI is InChI=1S/C28H32N6OS/c1-18-13-28(14-18,27-33-30-17-34(27)2)21-7-4-8-22(12-21)31-25(35)24-11-20(16-29-15-19-5-3-6-19)23-9-10-36-26(23)32-24/h4,7-12,17-19,29H,3,5-6,13-16H2,1-2H3,(H,31,35). The second-order valence-corrected chi connectivity index (χ2v) is 11.5. The number of rotatable bonds is 8. The minimum Gasteiger partial charge on any atom is -0.321 e. The number of hydrogen-bond acceptors (Lipinski definition) is 6. The molecule has 1 aromatic carbocycles. The molecule has 2 aliphatic rings. The van der Waals surface area contributed by atoms with Crippen LogP contribution in [-0.2, 0) is 19.0 Å². The normalized spacial score (nSPS) is 21.8. The third kappa shape index (κ3) is 4.22. The zero-order chi connectivity index (χ0) is 24.7. The number of anilines is 1. The average molecular weight is 501 g/mol. The van der Waals surface area contributed by atoms with Crippen molar-refractivity contribution in [2.75, 3.05) is 11.9 Å². The lowest BCUT2D eigenvalue weighted by Gasteiger charge is -2.46. The Morgan fingerprint density at radius 3 is 2.81 bits per heavy atom. The Labute approximate surface area is 215 Å². The molecule has 0 aliphatic heterocycles. The second kappa shape index (κ2) is 9.41. The molecule has 2 N–H and O–H groups in total. The zero-order valence-corrected chi connectivity index (χ0v) is 21.6. The highest BCUT2D eigenvalue weighted by Crippen LogP contribution is 2.51. The van der Waals surface area contributed by atoms with Crippen LogP contribution in [0.2, 0.25) is 0 Å². The molecular weight excluding hydrogens is 468 g/mol. The molecule has 7 nitrogen and oxygen atoms in total. The number of pyridine rings is 1. The number of aryl methyl sites for hydroxylation is 1. The van der Waals surface area contributed by atoms with Crippen LogP contribution in [0.15, 0.2) is 48.1 Å². The van der Waals surface area contributed by atoms with E-state index < -0.39 is 0 Å². The average Bonchev–Trinajstić information content (AvgIpc) is 3.47. The fourth-order valence-electron chi connectivity index (χ4n) is 5.87. The van der Waals surface area contributed by atoms with Crippen LogP contribution in [-0.4, -0.2) is 32.2 Å². The number of hydrogen-bond donors (Lipinski definition) is 2. The SMILES string of the molecule is CC1CC(c2cccc(NC(=O)c3cc(CNCC4CCC4)c4ccsc4n3)c2)(c2nncn2C)C1. The van der Waals surface area contributed by atoms with Crippen molar-refractivity contribution in [3.63, 3.8) is 0 Å². The number of amides is 1. The van der Waals surface area contributed by atoms with Gasteiger partial charge in [-0.3, -0.25) is 4.79 Å². The van der Waals surface area contributed by atoms with Gasteiger partial charge in [-0.1, -0.05) is 25.5 Å². The van der Waals surface area contributed by atoms with E-state index in [-0.39, 0.29) is 11.3 Å². The Morgan fingerprint density at radius 2 is 2.08 bits per heavy atom. The van der Waals surface area contributed by atoms with Crippen LogP contribution in [0.4, 0.5) is 5.69 Å². The van der Waals surface area contributed by atoms with Crippen LogP contribution in [0.3, 0.4) is 0 Å². The Hall–Kier alpha value is -3.10. The largest absolute Gasteiger partial charge is 0.321 e. The highest BCUT2D eigenvalue weighted by molar-refractivity contribution is 7.16. The molecule has 0 unspecified atom stereocenters. The second-order valence-electron chi connectivity index (χ2n) is 10.6. The lowest BCUT2D eigenvalue weighted by Crippen LogP contribution is -2.43. The summed E-state index contributed by atoms with van der Waals surface area (Å²) in [7, 11) is 2.00. The number of carbonyl (C=O) groups is 1. The molecule has 0 bridgehead atoms. The minimum absolute atomic E-state index is 0.168. The Balaban J connectivity index is 1.23.